The molecular weight excluding hydrogens is 392 g/mol. The zero-order valence-electron chi connectivity index (χ0n) is 18.6. The first kappa shape index (κ1) is 21.3. The highest BCUT2D eigenvalue weighted by Gasteiger charge is 2.25. The van der Waals surface area contributed by atoms with E-state index in [1.54, 1.807) is 14.2 Å². The Labute approximate surface area is 184 Å². The summed E-state index contributed by atoms with van der Waals surface area (Å²) in [5.74, 6) is 3.47. The molecule has 4 rings (SSSR count). The van der Waals surface area contributed by atoms with Gasteiger partial charge in [-0.15, -0.1) is 0 Å². The van der Waals surface area contributed by atoms with Gasteiger partial charge in [-0.1, -0.05) is 18.2 Å². The van der Waals surface area contributed by atoms with Gasteiger partial charge in [0.1, 0.15) is 23.4 Å². The van der Waals surface area contributed by atoms with Crippen molar-refractivity contribution < 1.29 is 14.2 Å². The molecule has 2 aliphatic rings. The molecule has 0 amide bonds. The van der Waals surface area contributed by atoms with Crippen LogP contribution in [-0.4, -0.2) is 63.9 Å². The first-order chi connectivity index (χ1) is 15.2. The first-order valence-corrected chi connectivity index (χ1v) is 10.8. The van der Waals surface area contributed by atoms with Crippen molar-refractivity contribution in [3.05, 3.63) is 53.6 Å². The number of nitrogens with zero attached hydrogens (tertiary/aromatic N) is 2. The van der Waals surface area contributed by atoms with Gasteiger partial charge in [0.05, 0.1) is 20.8 Å². The molecule has 0 bridgehead atoms. The normalized spacial score (nSPS) is 20.8. The molecule has 0 saturated carbocycles. The van der Waals surface area contributed by atoms with E-state index >= 15 is 0 Å². The number of nitrogens with one attached hydrogen (secondary N) is 2. The average Bonchev–Trinajstić information content (AvgIpc) is 3.42. The highest BCUT2D eigenvalue weighted by atomic mass is 16.5. The standard InChI is InChI=1S/C24H32N4O3/c1-25-24(26-14-22-12-18-6-4-5-7-23(18)31-22)27-19-8-9-28(16-19)15-17-10-20(29-2)13-21(11-17)30-3/h4-7,10-11,13,19,22H,8-9,12,14-16H2,1-3H3,(H2,25,26,27). The van der Waals surface area contributed by atoms with E-state index in [9.17, 15) is 0 Å². The Bertz CT molecular complexity index is 870. The van der Waals surface area contributed by atoms with E-state index in [4.69, 9.17) is 14.2 Å². The third-order valence-corrected chi connectivity index (χ3v) is 5.87. The summed E-state index contributed by atoms with van der Waals surface area (Å²) < 4.78 is 16.8. The molecule has 0 spiro atoms. The van der Waals surface area contributed by atoms with Crippen LogP contribution in [0.4, 0.5) is 0 Å². The zero-order chi connectivity index (χ0) is 21.6. The summed E-state index contributed by atoms with van der Waals surface area (Å²) in [5.41, 5.74) is 2.47. The monoisotopic (exact) mass is 424 g/mol. The van der Waals surface area contributed by atoms with Crippen LogP contribution >= 0.6 is 0 Å². The largest absolute Gasteiger partial charge is 0.497 e. The summed E-state index contributed by atoms with van der Waals surface area (Å²) in [7, 11) is 5.18. The van der Waals surface area contributed by atoms with Gasteiger partial charge >= 0.3 is 0 Å². The third-order valence-electron chi connectivity index (χ3n) is 5.87. The predicted octanol–water partition coefficient (Wildman–Crippen LogP) is 2.45. The van der Waals surface area contributed by atoms with Gasteiger partial charge in [0.2, 0.25) is 0 Å². The summed E-state index contributed by atoms with van der Waals surface area (Å²) in [6.45, 7) is 3.60. The van der Waals surface area contributed by atoms with Crippen molar-refractivity contribution in [2.75, 3.05) is 40.9 Å². The average molecular weight is 425 g/mol. The molecule has 0 aromatic heterocycles. The molecule has 7 heteroatoms. The van der Waals surface area contributed by atoms with Gasteiger partial charge in [-0.05, 0) is 35.7 Å². The maximum absolute atomic E-state index is 6.02. The lowest BCUT2D eigenvalue weighted by molar-refractivity contribution is 0.234. The van der Waals surface area contributed by atoms with E-state index in [-0.39, 0.29) is 6.10 Å². The van der Waals surface area contributed by atoms with Gasteiger partial charge in [-0.2, -0.15) is 0 Å². The van der Waals surface area contributed by atoms with Gasteiger partial charge in [-0.3, -0.25) is 9.89 Å². The maximum atomic E-state index is 6.02. The highest BCUT2D eigenvalue weighted by Crippen LogP contribution is 2.28. The number of methoxy groups -OCH3 is 2. The molecule has 0 radical (unpaired) electrons. The lowest BCUT2D eigenvalue weighted by Crippen LogP contribution is -2.47. The summed E-state index contributed by atoms with van der Waals surface area (Å²) in [6.07, 6.45) is 2.15. The number of rotatable bonds is 7. The molecule has 1 fully saturated rings. The second-order valence-electron chi connectivity index (χ2n) is 8.09. The summed E-state index contributed by atoms with van der Waals surface area (Å²) >= 11 is 0. The van der Waals surface area contributed by atoms with Crippen molar-refractivity contribution in [3.8, 4) is 17.2 Å². The summed E-state index contributed by atoms with van der Waals surface area (Å²) in [4.78, 5) is 6.84. The minimum atomic E-state index is 0.138. The van der Waals surface area contributed by atoms with Crippen LogP contribution in [0.5, 0.6) is 17.2 Å². The number of hydrogen-bond acceptors (Lipinski definition) is 5. The molecule has 0 aliphatic carbocycles. The maximum Gasteiger partial charge on any atom is 0.191 e. The number of hydrogen-bond donors (Lipinski definition) is 2. The van der Waals surface area contributed by atoms with Crippen LogP contribution in [0.3, 0.4) is 0 Å². The van der Waals surface area contributed by atoms with Crippen molar-refractivity contribution in [1.29, 1.82) is 0 Å². The number of fused-ring (bicyclic) bond motifs is 1. The van der Waals surface area contributed by atoms with Gasteiger partial charge in [0, 0.05) is 45.2 Å². The number of likely N-dealkylation sites (tertiary alicyclic amines) is 1. The molecule has 166 valence electrons. The molecular formula is C24H32N4O3. The number of aliphatic imine (C=N–C) groups is 1. The van der Waals surface area contributed by atoms with Crippen molar-refractivity contribution in [3.63, 3.8) is 0 Å². The van der Waals surface area contributed by atoms with E-state index < -0.39 is 0 Å². The number of benzene rings is 2. The van der Waals surface area contributed by atoms with Gasteiger partial charge in [-0.25, -0.2) is 0 Å². The topological polar surface area (TPSA) is 67.4 Å². The lowest BCUT2D eigenvalue weighted by Gasteiger charge is -2.20. The van der Waals surface area contributed by atoms with Gasteiger partial charge in [0.25, 0.3) is 0 Å². The quantitative estimate of drug-likeness (QED) is 0.526. The highest BCUT2D eigenvalue weighted by molar-refractivity contribution is 5.80. The molecule has 2 unspecified atom stereocenters. The minimum Gasteiger partial charge on any atom is -0.497 e. The minimum absolute atomic E-state index is 0.138. The molecule has 7 nitrogen and oxygen atoms in total. The number of para-hydroxylation sites is 1. The van der Waals surface area contributed by atoms with Gasteiger partial charge in [0.15, 0.2) is 5.96 Å². The predicted molar refractivity (Wildman–Crippen MR) is 122 cm³/mol. The van der Waals surface area contributed by atoms with Crippen molar-refractivity contribution in [2.24, 2.45) is 4.99 Å². The molecule has 2 aliphatic heterocycles. The Morgan fingerprint density at radius 3 is 2.65 bits per heavy atom. The van der Waals surface area contributed by atoms with E-state index in [2.05, 4.69) is 44.8 Å². The molecule has 2 heterocycles. The van der Waals surface area contributed by atoms with Crippen LogP contribution in [0, 0.1) is 0 Å². The smallest absolute Gasteiger partial charge is 0.191 e. The van der Waals surface area contributed by atoms with Crippen LogP contribution in [-0.2, 0) is 13.0 Å². The van der Waals surface area contributed by atoms with Crippen LogP contribution < -0.4 is 24.8 Å². The van der Waals surface area contributed by atoms with Crippen LogP contribution in [0.25, 0.3) is 0 Å². The van der Waals surface area contributed by atoms with E-state index in [0.29, 0.717) is 6.04 Å². The van der Waals surface area contributed by atoms with Crippen molar-refractivity contribution >= 4 is 5.96 Å². The number of ether oxygens (including phenoxy) is 3. The second kappa shape index (κ2) is 9.92. The van der Waals surface area contributed by atoms with E-state index in [0.717, 1.165) is 62.2 Å². The first-order valence-electron chi connectivity index (χ1n) is 10.8. The van der Waals surface area contributed by atoms with Crippen LogP contribution in [0.15, 0.2) is 47.5 Å². The lowest BCUT2D eigenvalue weighted by atomic mass is 10.1. The fourth-order valence-corrected chi connectivity index (χ4v) is 4.28. The molecule has 2 aromatic carbocycles. The number of guanidine groups is 1. The van der Waals surface area contributed by atoms with Crippen molar-refractivity contribution in [1.82, 2.24) is 15.5 Å². The molecule has 2 aromatic rings. The van der Waals surface area contributed by atoms with Gasteiger partial charge < -0.3 is 24.8 Å². The molecule has 2 N–H and O–H groups in total. The Morgan fingerprint density at radius 2 is 1.94 bits per heavy atom. The van der Waals surface area contributed by atoms with E-state index in [1.165, 1.54) is 11.1 Å². The molecule has 31 heavy (non-hydrogen) atoms. The second-order valence-corrected chi connectivity index (χ2v) is 8.09. The Hall–Kier alpha value is -2.93. The van der Waals surface area contributed by atoms with Crippen LogP contribution in [0.2, 0.25) is 0 Å². The zero-order valence-corrected chi connectivity index (χ0v) is 18.6. The molecule has 1 saturated heterocycles. The van der Waals surface area contributed by atoms with Crippen LogP contribution in [0.1, 0.15) is 17.5 Å². The fraction of sp³-hybridized carbons (Fsp3) is 0.458. The molecule has 2 atom stereocenters. The fourth-order valence-electron chi connectivity index (χ4n) is 4.28. The van der Waals surface area contributed by atoms with Crippen molar-refractivity contribution in [2.45, 2.75) is 31.5 Å². The summed E-state index contributed by atoms with van der Waals surface area (Å²) in [5, 5.41) is 6.99. The Balaban J connectivity index is 1.25. The third kappa shape index (κ3) is 5.41. The summed E-state index contributed by atoms with van der Waals surface area (Å²) in [6, 6.07) is 14.7. The Morgan fingerprint density at radius 1 is 1.16 bits per heavy atom. The Kier molecular flexibility index (Phi) is 6.82. The van der Waals surface area contributed by atoms with E-state index in [1.807, 2.05) is 25.2 Å². The SMILES string of the molecule is CN=C(NCC1Cc2ccccc2O1)NC1CCN(Cc2cc(OC)cc(OC)c2)C1.